The Bertz CT molecular complexity index is 231. The van der Waals surface area contributed by atoms with Gasteiger partial charge in [-0.1, -0.05) is 13.8 Å². The second-order valence-corrected chi connectivity index (χ2v) is 3.57. The summed E-state index contributed by atoms with van der Waals surface area (Å²) in [6, 6.07) is 0. The molecule has 13 heavy (non-hydrogen) atoms. The Morgan fingerprint density at radius 2 is 2.15 bits per heavy atom. The fraction of sp³-hybridized carbons (Fsp3) is 0.600. The van der Waals surface area contributed by atoms with Crippen molar-refractivity contribution < 1.29 is 13.5 Å². The zero-order chi connectivity index (χ0) is 9.84. The zero-order valence-corrected chi connectivity index (χ0v) is 7.89. The van der Waals surface area contributed by atoms with Crippen LogP contribution in [0.2, 0.25) is 0 Å². The fourth-order valence-corrected chi connectivity index (χ4v) is 1.06. The first-order chi connectivity index (χ1) is 6.09. The van der Waals surface area contributed by atoms with Crippen molar-refractivity contribution in [2.45, 2.75) is 26.4 Å². The van der Waals surface area contributed by atoms with Gasteiger partial charge in [-0.05, 0) is 24.5 Å². The van der Waals surface area contributed by atoms with Gasteiger partial charge >= 0.3 is 0 Å². The normalized spacial score (nSPS) is 23.0. The van der Waals surface area contributed by atoms with Crippen molar-refractivity contribution in [1.82, 2.24) is 0 Å². The number of hydrogen-bond acceptors (Lipinski definition) is 1. The van der Waals surface area contributed by atoms with E-state index in [0.29, 0.717) is 18.9 Å². The first-order valence-electron chi connectivity index (χ1n) is 4.44. The molecular formula is C10H14F2O. The summed E-state index contributed by atoms with van der Waals surface area (Å²) in [7, 11) is 0. The van der Waals surface area contributed by atoms with Gasteiger partial charge < -0.3 is 4.74 Å². The molecule has 0 spiro atoms. The van der Waals surface area contributed by atoms with E-state index in [0.717, 1.165) is 0 Å². The van der Waals surface area contributed by atoms with Gasteiger partial charge in [-0.15, -0.1) is 0 Å². The quantitative estimate of drug-likeness (QED) is 0.661. The molecule has 1 aliphatic carbocycles. The van der Waals surface area contributed by atoms with E-state index in [4.69, 9.17) is 4.74 Å². The number of rotatable bonds is 3. The van der Waals surface area contributed by atoms with Crippen LogP contribution < -0.4 is 0 Å². The molecule has 3 heteroatoms. The molecule has 0 bridgehead atoms. The third-order valence-electron chi connectivity index (χ3n) is 1.73. The molecule has 0 saturated carbocycles. The molecule has 0 amide bonds. The van der Waals surface area contributed by atoms with Crippen molar-refractivity contribution >= 4 is 0 Å². The molecule has 0 saturated heterocycles. The summed E-state index contributed by atoms with van der Waals surface area (Å²) in [5, 5.41) is 0. The maximum Gasteiger partial charge on any atom is 0.157 e. The third-order valence-corrected chi connectivity index (χ3v) is 1.73. The molecule has 1 unspecified atom stereocenters. The van der Waals surface area contributed by atoms with E-state index >= 15 is 0 Å². The predicted molar refractivity (Wildman–Crippen MR) is 47.6 cm³/mol. The lowest BCUT2D eigenvalue weighted by Crippen LogP contribution is -2.15. The van der Waals surface area contributed by atoms with Crippen molar-refractivity contribution in [1.29, 1.82) is 0 Å². The standard InChI is InChI=1S/C10H14F2O/c1-7(2)6-13-8-3-4-9(11)10(12)5-8/h4-5,7-8H,3,6H2,1-2H3. The third kappa shape index (κ3) is 3.27. The lowest BCUT2D eigenvalue weighted by atomic mass is 10.1. The molecule has 0 radical (unpaired) electrons. The molecule has 0 N–H and O–H groups in total. The second kappa shape index (κ2) is 4.51. The summed E-state index contributed by atoms with van der Waals surface area (Å²) >= 11 is 0. The smallest absolute Gasteiger partial charge is 0.157 e. The number of halogens is 2. The van der Waals surface area contributed by atoms with Crippen LogP contribution in [-0.4, -0.2) is 12.7 Å². The number of ether oxygens (including phenoxy) is 1. The van der Waals surface area contributed by atoms with Crippen LogP contribution in [0.15, 0.2) is 23.8 Å². The topological polar surface area (TPSA) is 9.23 Å². The average molecular weight is 188 g/mol. The largest absolute Gasteiger partial charge is 0.373 e. The van der Waals surface area contributed by atoms with Crippen LogP contribution in [0.25, 0.3) is 0 Å². The first-order valence-corrected chi connectivity index (χ1v) is 4.44. The van der Waals surface area contributed by atoms with Gasteiger partial charge in [-0.3, -0.25) is 0 Å². The van der Waals surface area contributed by atoms with E-state index in [1.54, 1.807) is 0 Å². The summed E-state index contributed by atoms with van der Waals surface area (Å²) in [5.41, 5.74) is 0. The lowest BCUT2D eigenvalue weighted by molar-refractivity contribution is 0.0640. The highest BCUT2D eigenvalue weighted by atomic mass is 19.2. The maximum atomic E-state index is 12.7. The van der Waals surface area contributed by atoms with Gasteiger partial charge in [-0.25, -0.2) is 8.78 Å². The minimum Gasteiger partial charge on any atom is -0.373 e. The monoisotopic (exact) mass is 188 g/mol. The van der Waals surface area contributed by atoms with E-state index in [1.165, 1.54) is 12.2 Å². The van der Waals surface area contributed by atoms with Crippen LogP contribution in [-0.2, 0) is 4.74 Å². The lowest BCUT2D eigenvalue weighted by Gasteiger charge is -2.16. The summed E-state index contributed by atoms with van der Waals surface area (Å²) in [6.07, 6.45) is 2.53. The molecule has 0 aromatic carbocycles. The van der Waals surface area contributed by atoms with Gasteiger partial charge in [0, 0.05) is 6.61 Å². The van der Waals surface area contributed by atoms with E-state index in [2.05, 4.69) is 0 Å². The second-order valence-electron chi connectivity index (χ2n) is 3.57. The number of hydrogen-bond donors (Lipinski definition) is 0. The van der Waals surface area contributed by atoms with Crippen LogP contribution in [0.1, 0.15) is 20.3 Å². The average Bonchev–Trinajstić information content (AvgIpc) is 2.07. The van der Waals surface area contributed by atoms with Crippen molar-refractivity contribution in [2.75, 3.05) is 6.61 Å². The summed E-state index contributed by atoms with van der Waals surface area (Å²) in [6.45, 7) is 4.60. The SMILES string of the molecule is CC(C)COC1C=C(F)C(F)=CC1. The Balaban J connectivity index is 2.40. The summed E-state index contributed by atoms with van der Waals surface area (Å²) in [4.78, 5) is 0. The Morgan fingerprint density at radius 3 is 2.69 bits per heavy atom. The molecule has 74 valence electrons. The van der Waals surface area contributed by atoms with E-state index < -0.39 is 11.7 Å². The Hall–Kier alpha value is -0.700. The van der Waals surface area contributed by atoms with E-state index in [9.17, 15) is 8.78 Å². The van der Waals surface area contributed by atoms with Gasteiger partial charge in [0.15, 0.2) is 11.7 Å². The van der Waals surface area contributed by atoms with Gasteiger partial charge in [0.05, 0.1) is 6.10 Å². The molecular weight excluding hydrogens is 174 g/mol. The van der Waals surface area contributed by atoms with Crippen LogP contribution in [0.3, 0.4) is 0 Å². The first kappa shape index (κ1) is 10.4. The molecule has 0 aromatic heterocycles. The van der Waals surface area contributed by atoms with Crippen molar-refractivity contribution in [3.63, 3.8) is 0 Å². The highest BCUT2D eigenvalue weighted by Gasteiger charge is 2.15. The van der Waals surface area contributed by atoms with Crippen LogP contribution in [0.4, 0.5) is 8.78 Å². The molecule has 1 rings (SSSR count). The zero-order valence-electron chi connectivity index (χ0n) is 7.89. The van der Waals surface area contributed by atoms with Gasteiger partial charge in [0.2, 0.25) is 0 Å². The van der Waals surface area contributed by atoms with Crippen molar-refractivity contribution in [3.05, 3.63) is 23.8 Å². The minimum absolute atomic E-state index is 0.304. The molecule has 1 aliphatic rings. The van der Waals surface area contributed by atoms with E-state index in [-0.39, 0.29) is 6.10 Å². The fourth-order valence-electron chi connectivity index (χ4n) is 1.06. The van der Waals surface area contributed by atoms with Crippen molar-refractivity contribution in [3.8, 4) is 0 Å². The van der Waals surface area contributed by atoms with Crippen molar-refractivity contribution in [2.24, 2.45) is 5.92 Å². The molecule has 0 fully saturated rings. The summed E-state index contributed by atoms with van der Waals surface area (Å²) in [5.74, 6) is -1.17. The summed E-state index contributed by atoms with van der Waals surface area (Å²) < 4.78 is 30.5. The van der Waals surface area contributed by atoms with Gasteiger partial charge in [0.1, 0.15) is 0 Å². The Labute approximate surface area is 77.1 Å². The molecule has 1 nitrogen and oxygen atoms in total. The van der Waals surface area contributed by atoms with Crippen LogP contribution in [0.5, 0.6) is 0 Å². The van der Waals surface area contributed by atoms with E-state index in [1.807, 2.05) is 13.8 Å². The molecule has 0 aliphatic heterocycles. The van der Waals surface area contributed by atoms with Crippen LogP contribution in [0, 0.1) is 5.92 Å². The number of allylic oxidation sites excluding steroid dienone is 2. The molecule has 1 atom stereocenters. The Morgan fingerprint density at radius 1 is 1.46 bits per heavy atom. The molecule has 0 heterocycles. The predicted octanol–water partition coefficient (Wildman–Crippen LogP) is 3.14. The molecule has 0 aromatic rings. The van der Waals surface area contributed by atoms with Gasteiger partial charge in [0.25, 0.3) is 0 Å². The maximum absolute atomic E-state index is 12.7. The van der Waals surface area contributed by atoms with Gasteiger partial charge in [-0.2, -0.15) is 0 Å². The Kier molecular flexibility index (Phi) is 3.60. The highest BCUT2D eigenvalue weighted by Crippen LogP contribution is 2.22. The highest BCUT2D eigenvalue weighted by molar-refractivity contribution is 5.24. The minimum atomic E-state index is -0.806. The van der Waals surface area contributed by atoms with Crippen LogP contribution >= 0.6 is 0 Å².